The van der Waals surface area contributed by atoms with E-state index in [1.165, 1.54) is 0 Å². The molecule has 0 heterocycles. The summed E-state index contributed by atoms with van der Waals surface area (Å²) >= 11 is 0. The number of fused-ring (bicyclic) bond motifs is 1. The molecule has 0 amide bonds. The van der Waals surface area contributed by atoms with E-state index in [0.29, 0.717) is 23.3 Å². The number of hydrogen-bond donors (Lipinski definition) is 1. The second kappa shape index (κ2) is 6.60. The number of carboxylic acid groups (broad SMARTS) is 1. The molecule has 4 heteroatoms. The molecule has 1 N–H and O–H groups in total. The maximum absolute atomic E-state index is 12.3. The van der Waals surface area contributed by atoms with Crippen molar-refractivity contribution in [3.8, 4) is 5.75 Å². The molecule has 0 aliphatic heterocycles. The smallest absolute Gasteiger partial charge is 0.307 e. The highest BCUT2D eigenvalue weighted by Crippen LogP contribution is 2.27. The lowest BCUT2D eigenvalue weighted by Crippen LogP contribution is -2.07. The average Bonchev–Trinajstić information content (AvgIpc) is 2.45. The molecule has 116 valence electrons. The van der Waals surface area contributed by atoms with Gasteiger partial charge in [0.25, 0.3) is 0 Å². The molecule has 0 saturated heterocycles. The highest BCUT2D eigenvalue weighted by Gasteiger charge is 2.14. The van der Waals surface area contributed by atoms with Crippen molar-refractivity contribution in [3.05, 3.63) is 41.5 Å². The van der Waals surface area contributed by atoms with E-state index in [-0.39, 0.29) is 18.1 Å². The number of hydrogen-bond acceptors (Lipinski definition) is 3. The number of ketones is 1. The van der Waals surface area contributed by atoms with Crippen molar-refractivity contribution in [2.24, 2.45) is 5.92 Å². The van der Waals surface area contributed by atoms with Crippen molar-refractivity contribution in [1.29, 1.82) is 0 Å². The van der Waals surface area contributed by atoms with Crippen LogP contribution in [-0.2, 0) is 11.2 Å². The number of carboxylic acids is 1. The van der Waals surface area contributed by atoms with E-state index in [1.54, 1.807) is 13.2 Å². The third-order valence-corrected chi connectivity index (χ3v) is 3.50. The van der Waals surface area contributed by atoms with Crippen LogP contribution in [0.25, 0.3) is 10.8 Å². The molecule has 0 atom stereocenters. The summed E-state index contributed by atoms with van der Waals surface area (Å²) < 4.78 is 5.20. The molecule has 2 aromatic carbocycles. The van der Waals surface area contributed by atoms with E-state index >= 15 is 0 Å². The Kier molecular flexibility index (Phi) is 4.81. The standard InChI is InChI=1S/C18H20O4/c1-11(2)6-17(19)14-7-12-4-5-15(22-3)10-16(12)13(8-14)9-18(20)21/h4-5,7-8,10-11H,6,9H2,1-3H3,(H,20,21). The van der Waals surface area contributed by atoms with Crippen LogP contribution in [0.4, 0.5) is 0 Å². The van der Waals surface area contributed by atoms with Gasteiger partial charge in [-0.25, -0.2) is 0 Å². The topological polar surface area (TPSA) is 63.6 Å². The second-order valence-corrected chi connectivity index (χ2v) is 5.81. The summed E-state index contributed by atoms with van der Waals surface area (Å²) in [5.74, 6) is 0.0549. The molecule has 22 heavy (non-hydrogen) atoms. The van der Waals surface area contributed by atoms with Crippen LogP contribution < -0.4 is 4.74 Å². The van der Waals surface area contributed by atoms with E-state index in [0.717, 1.165) is 10.8 Å². The maximum Gasteiger partial charge on any atom is 0.307 e. The molecule has 0 unspecified atom stereocenters. The molecule has 0 bridgehead atoms. The number of ether oxygens (including phenoxy) is 1. The van der Waals surface area contributed by atoms with Crippen molar-refractivity contribution in [1.82, 2.24) is 0 Å². The third kappa shape index (κ3) is 3.64. The Hall–Kier alpha value is -2.36. The maximum atomic E-state index is 12.3. The summed E-state index contributed by atoms with van der Waals surface area (Å²) in [5.41, 5.74) is 1.21. The predicted molar refractivity (Wildman–Crippen MR) is 85.6 cm³/mol. The first-order valence-corrected chi connectivity index (χ1v) is 7.26. The Balaban J connectivity index is 2.57. The van der Waals surface area contributed by atoms with Gasteiger partial charge in [-0.3, -0.25) is 9.59 Å². The number of aliphatic carboxylic acids is 1. The fourth-order valence-electron chi connectivity index (χ4n) is 2.50. The monoisotopic (exact) mass is 300 g/mol. The molecule has 0 aliphatic carbocycles. The minimum Gasteiger partial charge on any atom is -0.497 e. The van der Waals surface area contributed by atoms with Crippen LogP contribution >= 0.6 is 0 Å². The lowest BCUT2D eigenvalue weighted by Gasteiger charge is -2.11. The van der Waals surface area contributed by atoms with Crippen LogP contribution in [-0.4, -0.2) is 24.0 Å². The summed E-state index contributed by atoms with van der Waals surface area (Å²) in [6.07, 6.45) is 0.334. The van der Waals surface area contributed by atoms with Crippen molar-refractivity contribution < 1.29 is 19.4 Å². The first-order valence-electron chi connectivity index (χ1n) is 7.26. The molecule has 2 rings (SSSR count). The van der Waals surface area contributed by atoms with Crippen LogP contribution in [0.1, 0.15) is 36.2 Å². The highest BCUT2D eigenvalue weighted by molar-refractivity contribution is 6.02. The zero-order valence-corrected chi connectivity index (χ0v) is 13.1. The molecule has 4 nitrogen and oxygen atoms in total. The Labute approximate surface area is 129 Å². The Morgan fingerprint density at radius 2 is 1.91 bits per heavy atom. The van der Waals surface area contributed by atoms with Crippen molar-refractivity contribution in [3.63, 3.8) is 0 Å². The minimum absolute atomic E-state index is 0.0411. The predicted octanol–water partition coefficient (Wildman–Crippen LogP) is 3.70. The van der Waals surface area contributed by atoms with Crippen molar-refractivity contribution >= 4 is 22.5 Å². The molecule has 0 saturated carbocycles. The Bertz CT molecular complexity index is 716. The zero-order chi connectivity index (χ0) is 16.3. The van der Waals surface area contributed by atoms with Crippen molar-refractivity contribution in [2.75, 3.05) is 7.11 Å². The molecule has 0 aromatic heterocycles. The number of benzene rings is 2. The van der Waals surface area contributed by atoms with Gasteiger partial charge < -0.3 is 9.84 Å². The first kappa shape index (κ1) is 16.0. The number of methoxy groups -OCH3 is 1. The average molecular weight is 300 g/mol. The second-order valence-electron chi connectivity index (χ2n) is 5.81. The molecular weight excluding hydrogens is 280 g/mol. The van der Waals surface area contributed by atoms with E-state index in [1.807, 2.05) is 38.1 Å². The first-order chi connectivity index (χ1) is 10.4. The van der Waals surface area contributed by atoms with Gasteiger partial charge in [0, 0.05) is 12.0 Å². The fraction of sp³-hybridized carbons (Fsp3) is 0.333. The summed E-state index contributed by atoms with van der Waals surface area (Å²) in [6.45, 7) is 3.98. The number of rotatable bonds is 6. The lowest BCUT2D eigenvalue weighted by atomic mass is 9.94. The van der Waals surface area contributed by atoms with E-state index in [9.17, 15) is 9.59 Å². The molecule has 0 radical (unpaired) electrons. The highest BCUT2D eigenvalue weighted by atomic mass is 16.5. The summed E-state index contributed by atoms with van der Waals surface area (Å²) in [5, 5.41) is 10.8. The van der Waals surface area contributed by atoms with Gasteiger partial charge >= 0.3 is 5.97 Å². The quantitative estimate of drug-likeness (QED) is 0.826. The summed E-state index contributed by atoms with van der Waals surface area (Å²) in [7, 11) is 1.57. The van der Waals surface area contributed by atoms with Crippen LogP contribution in [0, 0.1) is 5.92 Å². The van der Waals surface area contributed by atoms with Crippen LogP contribution in [0.3, 0.4) is 0 Å². The number of carbonyl (C=O) groups excluding carboxylic acids is 1. The van der Waals surface area contributed by atoms with Crippen LogP contribution in [0.5, 0.6) is 5.75 Å². The molecular formula is C18H20O4. The Morgan fingerprint density at radius 3 is 2.50 bits per heavy atom. The van der Waals surface area contributed by atoms with Gasteiger partial charge in [0.05, 0.1) is 13.5 Å². The van der Waals surface area contributed by atoms with Crippen molar-refractivity contribution in [2.45, 2.75) is 26.7 Å². The number of carbonyl (C=O) groups is 2. The lowest BCUT2D eigenvalue weighted by molar-refractivity contribution is -0.136. The van der Waals surface area contributed by atoms with Gasteiger partial charge in [0.1, 0.15) is 5.75 Å². The minimum atomic E-state index is -0.919. The third-order valence-electron chi connectivity index (χ3n) is 3.50. The van der Waals surface area contributed by atoms with E-state index in [4.69, 9.17) is 9.84 Å². The summed E-state index contributed by atoms with van der Waals surface area (Å²) in [6, 6.07) is 8.99. The molecule has 0 fully saturated rings. The van der Waals surface area contributed by atoms with E-state index in [2.05, 4.69) is 0 Å². The zero-order valence-electron chi connectivity index (χ0n) is 13.1. The van der Waals surface area contributed by atoms with Crippen LogP contribution in [0.15, 0.2) is 30.3 Å². The molecule has 0 spiro atoms. The number of Topliss-reactive ketones (excluding diaryl/α,β-unsaturated/α-hetero) is 1. The van der Waals surface area contributed by atoms with Gasteiger partial charge in [-0.05, 0) is 46.5 Å². The Morgan fingerprint density at radius 1 is 1.18 bits per heavy atom. The van der Waals surface area contributed by atoms with Gasteiger partial charge in [0.2, 0.25) is 0 Å². The van der Waals surface area contributed by atoms with Gasteiger partial charge in [-0.15, -0.1) is 0 Å². The molecule has 0 aliphatic rings. The fourth-order valence-corrected chi connectivity index (χ4v) is 2.50. The normalized spacial score (nSPS) is 10.9. The largest absolute Gasteiger partial charge is 0.497 e. The van der Waals surface area contributed by atoms with Gasteiger partial charge in [-0.1, -0.05) is 19.9 Å². The van der Waals surface area contributed by atoms with Crippen LogP contribution in [0.2, 0.25) is 0 Å². The van der Waals surface area contributed by atoms with Gasteiger partial charge in [0.15, 0.2) is 5.78 Å². The van der Waals surface area contributed by atoms with E-state index < -0.39 is 5.97 Å². The molecule has 2 aromatic rings. The SMILES string of the molecule is COc1ccc2cc(C(=O)CC(C)C)cc(CC(=O)O)c2c1. The van der Waals surface area contributed by atoms with Gasteiger partial charge in [-0.2, -0.15) is 0 Å². The summed E-state index contributed by atoms with van der Waals surface area (Å²) in [4.78, 5) is 23.4.